The van der Waals surface area contributed by atoms with E-state index in [0.717, 1.165) is 5.70 Å². The molecular weight excluding hydrogens is 318 g/mol. The van der Waals surface area contributed by atoms with Gasteiger partial charge in [-0.25, -0.2) is 4.79 Å². The summed E-state index contributed by atoms with van der Waals surface area (Å²) >= 11 is 1.35. The summed E-state index contributed by atoms with van der Waals surface area (Å²) in [6.07, 6.45) is 0. The van der Waals surface area contributed by atoms with Crippen molar-refractivity contribution in [2.24, 2.45) is 0 Å². The fraction of sp³-hybridized carbons (Fsp3) is 0.438. The smallest absolute Gasteiger partial charge is 0.347 e. The summed E-state index contributed by atoms with van der Waals surface area (Å²) in [7, 11) is 4.61. The number of allylic oxidation sites excluding steroid dienone is 1. The largest absolute Gasteiger partial charge is 0.493 e. The third-order valence-corrected chi connectivity index (χ3v) is 4.75. The molecule has 1 aromatic carbocycles. The van der Waals surface area contributed by atoms with E-state index in [9.17, 15) is 4.79 Å². The van der Waals surface area contributed by atoms with E-state index in [0.29, 0.717) is 29.4 Å². The highest BCUT2D eigenvalue weighted by Gasteiger charge is 2.46. The zero-order chi connectivity index (χ0) is 17.0. The Kier molecular flexibility index (Phi) is 5.30. The van der Waals surface area contributed by atoms with Gasteiger partial charge in [-0.3, -0.25) is 0 Å². The first-order chi connectivity index (χ1) is 11.0. The van der Waals surface area contributed by atoms with Gasteiger partial charge in [0.2, 0.25) is 10.6 Å². The van der Waals surface area contributed by atoms with E-state index in [1.165, 1.54) is 33.1 Å². The van der Waals surface area contributed by atoms with Crippen LogP contribution in [0.3, 0.4) is 0 Å². The number of rotatable bonds is 6. The van der Waals surface area contributed by atoms with Crippen LogP contribution in [0.15, 0.2) is 23.2 Å². The lowest BCUT2D eigenvalue weighted by atomic mass is 10.0. The summed E-state index contributed by atoms with van der Waals surface area (Å²) in [5, 5.41) is 5.09. The second-order valence-electron chi connectivity index (χ2n) is 4.86. The number of esters is 1. The molecule has 2 rings (SSSR count). The Labute approximate surface area is 140 Å². The molecule has 1 aliphatic rings. The molecule has 23 heavy (non-hydrogen) atoms. The Balaban J connectivity index is 2.58. The molecule has 1 unspecified atom stereocenters. The molecule has 1 aromatic rings. The molecule has 0 aromatic heterocycles. The number of hydrogen-bond acceptors (Lipinski definition) is 7. The minimum atomic E-state index is -1.06. The summed E-state index contributed by atoms with van der Waals surface area (Å²) in [6.45, 7) is 3.97. The number of hydrogen-bond donors (Lipinski definition) is 1. The van der Waals surface area contributed by atoms with Crippen molar-refractivity contribution in [3.8, 4) is 17.2 Å². The topological polar surface area (TPSA) is 66.0 Å². The zero-order valence-corrected chi connectivity index (χ0v) is 14.7. The molecule has 1 aliphatic heterocycles. The molecule has 0 fully saturated rings. The summed E-state index contributed by atoms with van der Waals surface area (Å²) in [5.41, 5.74) is 1.56. The summed E-state index contributed by atoms with van der Waals surface area (Å²) in [4.78, 5) is 11.6. The van der Waals surface area contributed by atoms with Crippen molar-refractivity contribution >= 4 is 17.7 Å². The van der Waals surface area contributed by atoms with Crippen LogP contribution in [0.2, 0.25) is 0 Å². The lowest BCUT2D eigenvalue weighted by Gasteiger charge is -2.29. The van der Waals surface area contributed by atoms with Crippen molar-refractivity contribution in [2.45, 2.75) is 18.7 Å². The minimum Gasteiger partial charge on any atom is -0.493 e. The lowest BCUT2D eigenvalue weighted by Crippen LogP contribution is -2.43. The van der Waals surface area contributed by atoms with Crippen LogP contribution in [0.5, 0.6) is 17.2 Å². The van der Waals surface area contributed by atoms with Crippen molar-refractivity contribution in [3.05, 3.63) is 28.8 Å². The molecule has 0 bridgehead atoms. The maximum Gasteiger partial charge on any atom is 0.347 e. The standard InChI is InChI=1S/C16H21NO5S/c1-6-22-15(18)16(17-10(2)9-23-16)11-7-12(19-3)14(21-5)13(8-11)20-4/h7-9,17H,6H2,1-5H3. The third kappa shape index (κ3) is 3.06. The molecule has 0 saturated carbocycles. The predicted octanol–water partition coefficient (Wildman–Crippen LogP) is 2.63. The van der Waals surface area contributed by atoms with Crippen LogP contribution in [-0.2, 0) is 14.4 Å². The molecule has 1 N–H and O–H groups in total. The lowest BCUT2D eigenvalue weighted by molar-refractivity contribution is -0.147. The molecule has 0 aliphatic carbocycles. The molecule has 0 radical (unpaired) electrons. The van der Waals surface area contributed by atoms with Crippen molar-refractivity contribution in [1.82, 2.24) is 5.32 Å². The van der Waals surface area contributed by atoms with Gasteiger partial charge < -0.3 is 24.3 Å². The van der Waals surface area contributed by atoms with E-state index >= 15 is 0 Å². The highest BCUT2D eigenvalue weighted by atomic mass is 32.2. The molecule has 126 valence electrons. The van der Waals surface area contributed by atoms with Gasteiger partial charge in [0.1, 0.15) is 0 Å². The number of carbonyl (C=O) groups is 1. The Morgan fingerprint density at radius 2 is 1.78 bits per heavy atom. The van der Waals surface area contributed by atoms with Crippen LogP contribution in [0, 0.1) is 0 Å². The van der Waals surface area contributed by atoms with E-state index in [1.807, 2.05) is 12.3 Å². The molecule has 1 atom stereocenters. The summed E-state index contributed by atoms with van der Waals surface area (Å²) in [5.74, 6) is 1.08. The first-order valence-corrected chi connectivity index (χ1v) is 8.00. The maximum atomic E-state index is 12.6. The maximum absolute atomic E-state index is 12.6. The van der Waals surface area contributed by atoms with Crippen molar-refractivity contribution in [3.63, 3.8) is 0 Å². The quantitative estimate of drug-likeness (QED) is 0.799. The Hall–Kier alpha value is -2.02. The average Bonchev–Trinajstić information content (AvgIpc) is 2.96. The van der Waals surface area contributed by atoms with Gasteiger partial charge in [-0.1, -0.05) is 11.8 Å². The van der Waals surface area contributed by atoms with Gasteiger partial charge in [0.05, 0.1) is 27.9 Å². The number of ether oxygens (including phenoxy) is 4. The van der Waals surface area contributed by atoms with Gasteiger partial charge in [0, 0.05) is 11.3 Å². The van der Waals surface area contributed by atoms with Gasteiger partial charge in [-0.05, 0) is 31.4 Å². The highest BCUT2D eigenvalue weighted by Crippen LogP contribution is 2.47. The SMILES string of the molecule is CCOC(=O)C1(c2cc(OC)c(OC)c(OC)c2)NC(C)=CS1. The molecule has 7 heteroatoms. The van der Waals surface area contributed by atoms with Crippen LogP contribution in [0.25, 0.3) is 0 Å². The van der Waals surface area contributed by atoms with Crippen LogP contribution in [0.1, 0.15) is 19.4 Å². The van der Waals surface area contributed by atoms with E-state index in [-0.39, 0.29) is 5.97 Å². The normalized spacial score (nSPS) is 19.6. The summed E-state index contributed by atoms with van der Waals surface area (Å²) in [6, 6.07) is 3.51. The summed E-state index contributed by atoms with van der Waals surface area (Å²) < 4.78 is 21.4. The van der Waals surface area contributed by atoms with Crippen molar-refractivity contribution in [2.75, 3.05) is 27.9 Å². The Morgan fingerprint density at radius 1 is 1.17 bits per heavy atom. The first kappa shape index (κ1) is 17.3. The molecule has 0 spiro atoms. The predicted molar refractivity (Wildman–Crippen MR) is 88.9 cm³/mol. The van der Waals surface area contributed by atoms with Gasteiger partial charge in [-0.2, -0.15) is 0 Å². The third-order valence-electron chi connectivity index (χ3n) is 3.42. The van der Waals surface area contributed by atoms with Crippen LogP contribution in [-0.4, -0.2) is 33.9 Å². The number of nitrogens with one attached hydrogen (secondary N) is 1. The Morgan fingerprint density at radius 3 is 2.17 bits per heavy atom. The fourth-order valence-electron chi connectivity index (χ4n) is 2.39. The van der Waals surface area contributed by atoms with Crippen LogP contribution < -0.4 is 19.5 Å². The minimum absolute atomic E-state index is 0.298. The molecule has 0 amide bonds. The van der Waals surface area contributed by atoms with Gasteiger partial charge in [0.25, 0.3) is 0 Å². The second kappa shape index (κ2) is 7.04. The second-order valence-corrected chi connectivity index (χ2v) is 5.94. The Bertz CT molecular complexity index is 606. The molecule has 1 heterocycles. The number of carbonyl (C=O) groups excluding carboxylic acids is 1. The monoisotopic (exact) mass is 339 g/mol. The van der Waals surface area contributed by atoms with Crippen LogP contribution >= 0.6 is 11.8 Å². The number of benzene rings is 1. The van der Waals surface area contributed by atoms with E-state index in [2.05, 4.69) is 5.32 Å². The molecule has 0 saturated heterocycles. The van der Waals surface area contributed by atoms with Crippen LogP contribution in [0.4, 0.5) is 0 Å². The first-order valence-electron chi connectivity index (χ1n) is 7.12. The van der Waals surface area contributed by atoms with Crippen molar-refractivity contribution < 1.29 is 23.7 Å². The van der Waals surface area contributed by atoms with E-state index in [4.69, 9.17) is 18.9 Å². The molecule has 6 nitrogen and oxygen atoms in total. The van der Waals surface area contributed by atoms with Crippen molar-refractivity contribution in [1.29, 1.82) is 0 Å². The highest BCUT2D eigenvalue weighted by molar-refractivity contribution is 8.04. The fourth-order valence-corrected chi connectivity index (χ4v) is 3.43. The zero-order valence-electron chi connectivity index (χ0n) is 13.9. The van der Waals surface area contributed by atoms with Gasteiger partial charge in [0.15, 0.2) is 11.5 Å². The number of methoxy groups -OCH3 is 3. The molecular formula is C16H21NO5S. The number of thioether (sulfide) groups is 1. The van der Waals surface area contributed by atoms with E-state index in [1.54, 1.807) is 19.1 Å². The van der Waals surface area contributed by atoms with E-state index < -0.39 is 4.87 Å². The van der Waals surface area contributed by atoms with Gasteiger partial charge >= 0.3 is 5.97 Å². The van der Waals surface area contributed by atoms with Gasteiger partial charge in [-0.15, -0.1) is 0 Å². The average molecular weight is 339 g/mol.